The van der Waals surface area contributed by atoms with Crippen LogP contribution in [0.2, 0.25) is 5.02 Å². The van der Waals surface area contributed by atoms with Crippen molar-refractivity contribution in [2.24, 2.45) is 0 Å². The Hall–Kier alpha value is -2.32. The van der Waals surface area contributed by atoms with Gasteiger partial charge in [0.25, 0.3) is 0 Å². The molecular weight excluding hydrogens is 240 g/mol. The van der Waals surface area contributed by atoms with Crippen LogP contribution in [0.25, 0.3) is 0 Å². The quantitative estimate of drug-likeness (QED) is 0.823. The summed E-state index contributed by atoms with van der Waals surface area (Å²) in [6.45, 7) is 0. The number of nitrogens with zero attached hydrogens (tertiary/aromatic N) is 3. The second-order valence-electron chi connectivity index (χ2n) is 3.14. The summed E-state index contributed by atoms with van der Waals surface area (Å²) in [5.74, 6) is 0.648. The van der Waals surface area contributed by atoms with Crippen molar-refractivity contribution in [1.29, 1.82) is 5.26 Å². The molecule has 2 aromatic rings. The number of benzene rings is 1. The van der Waals surface area contributed by atoms with Gasteiger partial charge in [-0.25, -0.2) is 9.97 Å². The molecule has 5 nitrogen and oxygen atoms in total. The van der Waals surface area contributed by atoms with E-state index in [-0.39, 0.29) is 11.6 Å². The van der Waals surface area contributed by atoms with Crippen molar-refractivity contribution < 1.29 is 4.74 Å². The molecule has 0 atom stereocenters. The van der Waals surface area contributed by atoms with E-state index in [1.807, 2.05) is 6.07 Å². The Morgan fingerprint density at radius 2 is 2.12 bits per heavy atom. The predicted octanol–water partition coefficient (Wildman–Crippen LogP) is 2.38. The van der Waals surface area contributed by atoms with Crippen molar-refractivity contribution in [3.63, 3.8) is 0 Å². The minimum Gasteiger partial charge on any atom is -0.435 e. The molecule has 0 amide bonds. The summed E-state index contributed by atoms with van der Waals surface area (Å²) in [5, 5.41) is 9.08. The first-order valence-corrected chi connectivity index (χ1v) is 5.02. The van der Waals surface area contributed by atoms with Crippen LogP contribution in [-0.4, -0.2) is 9.97 Å². The second kappa shape index (κ2) is 4.68. The lowest BCUT2D eigenvalue weighted by atomic mass is 10.3. The standard InChI is InChI=1S/C11H7ClN4O/c12-7-1-2-9(14)10(3-7)17-11-6-15-8(4-13)5-16-11/h1-3,5-6H,14H2. The molecule has 0 bridgehead atoms. The summed E-state index contributed by atoms with van der Waals surface area (Å²) < 4.78 is 5.40. The van der Waals surface area contributed by atoms with Crippen LogP contribution >= 0.6 is 11.6 Å². The highest BCUT2D eigenvalue weighted by Gasteiger charge is 2.04. The number of hydrogen-bond donors (Lipinski definition) is 1. The Morgan fingerprint density at radius 3 is 2.76 bits per heavy atom. The minimum absolute atomic E-state index is 0.219. The Balaban J connectivity index is 2.25. The Labute approximate surface area is 102 Å². The second-order valence-corrected chi connectivity index (χ2v) is 3.57. The third-order valence-electron chi connectivity index (χ3n) is 1.93. The van der Waals surface area contributed by atoms with Gasteiger partial charge < -0.3 is 10.5 Å². The molecule has 0 unspecified atom stereocenters. The number of hydrogen-bond acceptors (Lipinski definition) is 5. The summed E-state index contributed by atoms with van der Waals surface area (Å²) in [5.41, 5.74) is 6.37. The average Bonchev–Trinajstić information content (AvgIpc) is 2.35. The van der Waals surface area contributed by atoms with Crippen LogP contribution in [0, 0.1) is 11.3 Å². The van der Waals surface area contributed by atoms with Gasteiger partial charge in [0.1, 0.15) is 6.07 Å². The van der Waals surface area contributed by atoms with Gasteiger partial charge in [0.15, 0.2) is 11.4 Å². The molecule has 0 aliphatic carbocycles. The molecule has 1 aromatic carbocycles. The highest BCUT2D eigenvalue weighted by Crippen LogP contribution is 2.28. The maximum absolute atomic E-state index is 8.57. The van der Waals surface area contributed by atoms with Crippen LogP contribution in [0.4, 0.5) is 5.69 Å². The highest BCUT2D eigenvalue weighted by atomic mass is 35.5. The summed E-state index contributed by atoms with van der Waals surface area (Å²) in [6, 6.07) is 6.74. The third kappa shape index (κ3) is 2.62. The van der Waals surface area contributed by atoms with Gasteiger partial charge in [-0.1, -0.05) is 11.6 Å². The Kier molecular flexibility index (Phi) is 3.08. The number of aromatic nitrogens is 2. The smallest absolute Gasteiger partial charge is 0.238 e. The zero-order valence-corrected chi connectivity index (χ0v) is 9.35. The molecule has 6 heteroatoms. The van der Waals surface area contributed by atoms with E-state index in [9.17, 15) is 0 Å². The minimum atomic E-state index is 0.219. The predicted molar refractivity (Wildman–Crippen MR) is 62.7 cm³/mol. The number of nitrogens with two attached hydrogens (primary N) is 1. The van der Waals surface area contributed by atoms with E-state index in [1.54, 1.807) is 18.2 Å². The fourth-order valence-electron chi connectivity index (χ4n) is 1.14. The van der Waals surface area contributed by atoms with Gasteiger partial charge in [-0.05, 0) is 12.1 Å². The van der Waals surface area contributed by atoms with Gasteiger partial charge in [0, 0.05) is 11.1 Å². The first-order valence-electron chi connectivity index (χ1n) is 4.64. The summed E-state index contributed by atoms with van der Waals surface area (Å²) >= 11 is 5.82. The normalized spacial score (nSPS) is 9.65. The molecule has 17 heavy (non-hydrogen) atoms. The van der Waals surface area contributed by atoms with Crippen LogP contribution in [0.1, 0.15) is 5.69 Å². The van der Waals surface area contributed by atoms with E-state index in [1.165, 1.54) is 12.4 Å². The molecule has 0 saturated heterocycles. The van der Waals surface area contributed by atoms with E-state index in [4.69, 9.17) is 27.3 Å². The van der Waals surface area contributed by atoms with Crippen molar-refractivity contribution >= 4 is 17.3 Å². The van der Waals surface area contributed by atoms with E-state index in [0.717, 1.165) is 0 Å². The highest BCUT2D eigenvalue weighted by molar-refractivity contribution is 6.30. The molecular formula is C11H7ClN4O. The molecule has 1 heterocycles. The molecule has 2 rings (SSSR count). The molecule has 1 aromatic heterocycles. The van der Waals surface area contributed by atoms with E-state index in [2.05, 4.69) is 9.97 Å². The third-order valence-corrected chi connectivity index (χ3v) is 2.17. The fraction of sp³-hybridized carbons (Fsp3) is 0. The summed E-state index contributed by atoms with van der Waals surface area (Å²) in [6.07, 6.45) is 2.66. The Bertz CT molecular complexity index is 577. The van der Waals surface area contributed by atoms with Gasteiger partial charge in [-0.2, -0.15) is 5.26 Å². The largest absolute Gasteiger partial charge is 0.435 e. The van der Waals surface area contributed by atoms with Gasteiger partial charge in [0.2, 0.25) is 5.88 Å². The molecule has 0 radical (unpaired) electrons. The van der Waals surface area contributed by atoms with E-state index >= 15 is 0 Å². The number of nitrogen functional groups attached to an aromatic ring is 1. The van der Waals surface area contributed by atoms with Crippen molar-refractivity contribution in [1.82, 2.24) is 9.97 Å². The van der Waals surface area contributed by atoms with Crippen LogP contribution in [0.3, 0.4) is 0 Å². The van der Waals surface area contributed by atoms with Crippen LogP contribution in [-0.2, 0) is 0 Å². The van der Waals surface area contributed by atoms with Crippen LogP contribution < -0.4 is 10.5 Å². The lowest BCUT2D eigenvalue weighted by Gasteiger charge is -2.07. The van der Waals surface area contributed by atoms with Crippen molar-refractivity contribution in [3.8, 4) is 17.7 Å². The maximum atomic E-state index is 8.57. The van der Waals surface area contributed by atoms with Gasteiger partial charge in [-0.3, -0.25) is 0 Å². The summed E-state index contributed by atoms with van der Waals surface area (Å²) in [4.78, 5) is 7.73. The molecule has 0 aliphatic rings. The average molecular weight is 247 g/mol. The first kappa shape index (κ1) is 11.2. The van der Waals surface area contributed by atoms with Crippen LogP contribution in [0.15, 0.2) is 30.6 Å². The topological polar surface area (TPSA) is 84.8 Å². The van der Waals surface area contributed by atoms with Crippen molar-refractivity contribution in [2.75, 3.05) is 5.73 Å². The summed E-state index contributed by atoms with van der Waals surface area (Å²) in [7, 11) is 0. The lowest BCUT2D eigenvalue weighted by Crippen LogP contribution is -1.94. The number of halogens is 1. The van der Waals surface area contributed by atoms with Gasteiger partial charge in [0.05, 0.1) is 18.1 Å². The number of anilines is 1. The fourth-order valence-corrected chi connectivity index (χ4v) is 1.30. The maximum Gasteiger partial charge on any atom is 0.238 e. The molecule has 2 N–H and O–H groups in total. The van der Waals surface area contributed by atoms with Gasteiger partial charge in [-0.15, -0.1) is 0 Å². The number of ether oxygens (including phenoxy) is 1. The Morgan fingerprint density at radius 1 is 1.29 bits per heavy atom. The van der Waals surface area contributed by atoms with Gasteiger partial charge >= 0.3 is 0 Å². The molecule has 0 fully saturated rings. The van der Waals surface area contributed by atoms with E-state index < -0.39 is 0 Å². The monoisotopic (exact) mass is 246 g/mol. The molecule has 0 aliphatic heterocycles. The first-order chi connectivity index (χ1) is 8.19. The van der Waals surface area contributed by atoms with Crippen molar-refractivity contribution in [3.05, 3.63) is 41.3 Å². The van der Waals surface area contributed by atoms with Crippen molar-refractivity contribution in [2.45, 2.75) is 0 Å². The van der Waals surface area contributed by atoms with Crippen LogP contribution in [0.5, 0.6) is 11.6 Å². The zero-order chi connectivity index (χ0) is 12.3. The lowest BCUT2D eigenvalue weighted by molar-refractivity contribution is 0.462. The van der Waals surface area contributed by atoms with E-state index in [0.29, 0.717) is 16.5 Å². The molecule has 0 spiro atoms. The molecule has 84 valence electrons. The molecule has 0 saturated carbocycles. The number of rotatable bonds is 2. The zero-order valence-electron chi connectivity index (χ0n) is 8.59. The SMILES string of the molecule is N#Cc1cnc(Oc2cc(Cl)ccc2N)cn1. The number of nitriles is 1.